The number of ether oxygens (including phenoxy) is 1. The number of nitriles is 1. The van der Waals surface area contributed by atoms with Crippen molar-refractivity contribution in [3.63, 3.8) is 0 Å². The summed E-state index contributed by atoms with van der Waals surface area (Å²) in [6.45, 7) is 0. The zero-order valence-corrected chi connectivity index (χ0v) is 15.2. The summed E-state index contributed by atoms with van der Waals surface area (Å²) in [6, 6.07) is 18.3. The highest BCUT2D eigenvalue weighted by Gasteiger charge is 2.31. The number of thioether (sulfide) groups is 1. The fourth-order valence-corrected chi connectivity index (χ4v) is 3.96. The standard InChI is InChI=1S/C20H18N4OS/c1-25-18-9-5-4-8-17(18)19-22-23-20(24(19)16-10-11-16)26-13-15-7-3-2-6-14(15)12-21/h2-9,16H,10-11,13H2,1H3. The van der Waals surface area contributed by atoms with Crippen LogP contribution in [0, 0.1) is 11.3 Å². The highest BCUT2D eigenvalue weighted by molar-refractivity contribution is 7.98. The van der Waals surface area contributed by atoms with Gasteiger partial charge in [0, 0.05) is 11.8 Å². The van der Waals surface area contributed by atoms with E-state index in [1.54, 1.807) is 18.9 Å². The molecule has 1 aromatic heterocycles. The molecule has 1 saturated carbocycles. The zero-order valence-electron chi connectivity index (χ0n) is 14.4. The largest absolute Gasteiger partial charge is 0.496 e. The Morgan fingerprint density at radius 3 is 2.69 bits per heavy atom. The predicted octanol–water partition coefficient (Wildman–Crippen LogP) is 4.45. The Hall–Kier alpha value is -2.78. The van der Waals surface area contributed by atoms with Crippen LogP contribution >= 0.6 is 11.8 Å². The average Bonchev–Trinajstić information content (AvgIpc) is 3.45. The van der Waals surface area contributed by atoms with Crippen LogP contribution in [0.1, 0.15) is 30.0 Å². The molecule has 0 unspecified atom stereocenters. The minimum atomic E-state index is 0.443. The first kappa shape index (κ1) is 16.7. The van der Waals surface area contributed by atoms with E-state index in [-0.39, 0.29) is 0 Å². The van der Waals surface area contributed by atoms with Crippen LogP contribution in [-0.4, -0.2) is 21.9 Å². The van der Waals surface area contributed by atoms with Crippen molar-refractivity contribution in [3.8, 4) is 23.2 Å². The lowest BCUT2D eigenvalue weighted by atomic mass is 10.1. The van der Waals surface area contributed by atoms with Crippen LogP contribution in [0.25, 0.3) is 11.4 Å². The molecule has 1 aliphatic rings. The van der Waals surface area contributed by atoms with E-state index >= 15 is 0 Å². The fourth-order valence-electron chi connectivity index (χ4n) is 2.95. The third-order valence-electron chi connectivity index (χ3n) is 4.42. The van der Waals surface area contributed by atoms with Crippen LogP contribution in [0.3, 0.4) is 0 Å². The number of aromatic nitrogens is 3. The summed E-state index contributed by atoms with van der Waals surface area (Å²) < 4.78 is 7.72. The van der Waals surface area contributed by atoms with E-state index in [2.05, 4.69) is 20.8 Å². The number of rotatable bonds is 6. The van der Waals surface area contributed by atoms with Crippen LogP contribution < -0.4 is 4.74 Å². The summed E-state index contributed by atoms with van der Waals surface area (Å²) in [6.07, 6.45) is 2.28. The molecule has 0 N–H and O–H groups in total. The monoisotopic (exact) mass is 362 g/mol. The lowest BCUT2D eigenvalue weighted by Gasteiger charge is -2.11. The molecule has 3 aromatic rings. The van der Waals surface area contributed by atoms with E-state index in [0.717, 1.165) is 40.7 Å². The van der Waals surface area contributed by atoms with Gasteiger partial charge >= 0.3 is 0 Å². The van der Waals surface area contributed by atoms with Crippen molar-refractivity contribution >= 4 is 11.8 Å². The quantitative estimate of drug-likeness (QED) is 0.606. The van der Waals surface area contributed by atoms with Crippen molar-refractivity contribution in [2.24, 2.45) is 0 Å². The lowest BCUT2D eigenvalue weighted by Crippen LogP contribution is -2.01. The molecule has 1 aliphatic carbocycles. The lowest BCUT2D eigenvalue weighted by molar-refractivity contribution is 0.415. The first-order valence-electron chi connectivity index (χ1n) is 8.51. The smallest absolute Gasteiger partial charge is 0.192 e. The van der Waals surface area contributed by atoms with Gasteiger partial charge in [-0.2, -0.15) is 5.26 Å². The molecule has 6 heteroatoms. The Morgan fingerprint density at radius 1 is 1.15 bits per heavy atom. The molecular formula is C20H18N4OS. The first-order valence-corrected chi connectivity index (χ1v) is 9.49. The van der Waals surface area contributed by atoms with Crippen molar-refractivity contribution in [2.75, 3.05) is 7.11 Å². The average molecular weight is 362 g/mol. The molecule has 0 aliphatic heterocycles. The zero-order chi connectivity index (χ0) is 17.9. The van der Waals surface area contributed by atoms with Gasteiger partial charge < -0.3 is 4.74 Å². The Balaban J connectivity index is 1.66. The van der Waals surface area contributed by atoms with Crippen LogP contribution in [-0.2, 0) is 5.75 Å². The first-order chi connectivity index (χ1) is 12.8. The molecule has 0 amide bonds. The van der Waals surface area contributed by atoms with E-state index in [9.17, 15) is 5.26 Å². The van der Waals surface area contributed by atoms with Gasteiger partial charge in [-0.3, -0.25) is 4.57 Å². The summed E-state index contributed by atoms with van der Waals surface area (Å²) in [7, 11) is 1.67. The van der Waals surface area contributed by atoms with Crippen molar-refractivity contribution < 1.29 is 4.74 Å². The minimum absolute atomic E-state index is 0.443. The summed E-state index contributed by atoms with van der Waals surface area (Å²) in [5.41, 5.74) is 2.69. The second kappa shape index (κ2) is 7.22. The summed E-state index contributed by atoms with van der Waals surface area (Å²) >= 11 is 1.62. The maximum Gasteiger partial charge on any atom is 0.192 e. The fraction of sp³-hybridized carbons (Fsp3) is 0.250. The number of benzene rings is 2. The number of hydrogen-bond acceptors (Lipinski definition) is 5. The van der Waals surface area contributed by atoms with Gasteiger partial charge in [0.05, 0.1) is 24.3 Å². The minimum Gasteiger partial charge on any atom is -0.496 e. The van der Waals surface area contributed by atoms with E-state index in [4.69, 9.17) is 4.74 Å². The molecule has 5 nitrogen and oxygen atoms in total. The summed E-state index contributed by atoms with van der Waals surface area (Å²) in [5, 5.41) is 19.1. The molecular weight excluding hydrogens is 344 g/mol. The van der Waals surface area contributed by atoms with Crippen molar-refractivity contribution in [2.45, 2.75) is 29.8 Å². The number of hydrogen-bond donors (Lipinski definition) is 0. The molecule has 130 valence electrons. The third kappa shape index (κ3) is 3.18. The van der Waals surface area contributed by atoms with Crippen LogP contribution in [0.2, 0.25) is 0 Å². The maximum atomic E-state index is 9.27. The molecule has 0 bridgehead atoms. The molecule has 0 spiro atoms. The van der Waals surface area contributed by atoms with Crippen molar-refractivity contribution in [1.29, 1.82) is 5.26 Å². The maximum absolute atomic E-state index is 9.27. The van der Waals surface area contributed by atoms with Gasteiger partial charge in [-0.1, -0.05) is 42.1 Å². The van der Waals surface area contributed by atoms with Crippen LogP contribution in [0.4, 0.5) is 0 Å². The van der Waals surface area contributed by atoms with Crippen molar-refractivity contribution in [1.82, 2.24) is 14.8 Å². The number of methoxy groups -OCH3 is 1. The van der Waals surface area contributed by atoms with E-state index in [1.807, 2.05) is 48.5 Å². The third-order valence-corrected chi connectivity index (χ3v) is 5.41. The molecule has 1 fully saturated rings. The van der Waals surface area contributed by atoms with E-state index in [1.165, 1.54) is 0 Å². The predicted molar refractivity (Wildman–Crippen MR) is 101 cm³/mol. The van der Waals surface area contributed by atoms with Gasteiger partial charge in [-0.05, 0) is 36.6 Å². The molecule has 26 heavy (non-hydrogen) atoms. The Bertz CT molecular complexity index is 972. The van der Waals surface area contributed by atoms with Gasteiger partial charge in [0.2, 0.25) is 0 Å². The van der Waals surface area contributed by atoms with Gasteiger partial charge in [0.15, 0.2) is 11.0 Å². The second-order valence-corrected chi connectivity index (χ2v) is 7.11. The topological polar surface area (TPSA) is 63.7 Å². The van der Waals surface area contributed by atoms with Crippen LogP contribution in [0.5, 0.6) is 5.75 Å². The molecule has 0 atom stereocenters. The van der Waals surface area contributed by atoms with Crippen LogP contribution in [0.15, 0.2) is 53.7 Å². The number of para-hydroxylation sites is 1. The summed E-state index contributed by atoms with van der Waals surface area (Å²) in [4.78, 5) is 0. The van der Waals surface area contributed by atoms with Gasteiger partial charge in [0.1, 0.15) is 5.75 Å². The van der Waals surface area contributed by atoms with Gasteiger partial charge in [-0.25, -0.2) is 0 Å². The molecule has 2 aromatic carbocycles. The van der Waals surface area contributed by atoms with E-state index < -0.39 is 0 Å². The Morgan fingerprint density at radius 2 is 1.92 bits per heavy atom. The molecule has 0 saturated heterocycles. The molecule has 0 radical (unpaired) electrons. The highest BCUT2D eigenvalue weighted by atomic mass is 32.2. The second-order valence-electron chi connectivity index (χ2n) is 6.17. The van der Waals surface area contributed by atoms with E-state index in [0.29, 0.717) is 17.4 Å². The van der Waals surface area contributed by atoms with Gasteiger partial charge in [0.25, 0.3) is 0 Å². The molecule has 4 rings (SSSR count). The van der Waals surface area contributed by atoms with Crippen molar-refractivity contribution in [3.05, 3.63) is 59.7 Å². The normalized spacial score (nSPS) is 13.4. The SMILES string of the molecule is COc1ccccc1-c1nnc(SCc2ccccc2C#N)n1C1CC1. The molecule has 1 heterocycles. The Labute approximate surface area is 156 Å². The Kier molecular flexibility index (Phi) is 4.63. The highest BCUT2D eigenvalue weighted by Crippen LogP contribution is 2.43. The van der Waals surface area contributed by atoms with Gasteiger partial charge in [-0.15, -0.1) is 10.2 Å². The number of nitrogens with zero attached hydrogens (tertiary/aromatic N) is 4. The summed E-state index contributed by atoms with van der Waals surface area (Å²) in [5.74, 6) is 2.34.